The van der Waals surface area contributed by atoms with Crippen LogP contribution in [-0.4, -0.2) is 26.2 Å². The smallest absolute Gasteiger partial charge is 0.303 e. The number of H-pyrrole nitrogens is 1. The number of nitrogens with zero attached hydrogens (tertiary/aromatic N) is 1. The fourth-order valence-corrected chi connectivity index (χ4v) is 2.52. The van der Waals surface area contributed by atoms with Crippen LogP contribution in [0.25, 0.3) is 22.2 Å². The van der Waals surface area contributed by atoms with E-state index in [1.807, 2.05) is 42.5 Å². The van der Waals surface area contributed by atoms with Crippen LogP contribution in [0.4, 0.5) is 0 Å². The lowest BCUT2D eigenvalue weighted by molar-refractivity contribution is -0.136. The number of aromatic nitrogens is 2. The lowest BCUT2D eigenvalue weighted by atomic mass is 10.0. The van der Waals surface area contributed by atoms with Crippen LogP contribution in [0.5, 0.6) is 0 Å². The van der Waals surface area contributed by atoms with E-state index >= 15 is 0 Å². The summed E-state index contributed by atoms with van der Waals surface area (Å²) in [5.74, 6) is -0.228. The molecule has 5 nitrogen and oxygen atoms in total. The minimum Gasteiger partial charge on any atom is -0.481 e. The number of aliphatic carboxylic acids is 1. The van der Waals surface area contributed by atoms with Crippen LogP contribution in [0.3, 0.4) is 0 Å². The fourth-order valence-electron chi connectivity index (χ4n) is 2.52. The van der Waals surface area contributed by atoms with Gasteiger partial charge in [-0.1, -0.05) is 30.3 Å². The van der Waals surface area contributed by atoms with Crippen LogP contribution < -0.4 is 0 Å². The molecule has 5 heteroatoms. The molecule has 3 rings (SSSR count). The number of hydrogen-bond acceptors (Lipinski definition) is 3. The number of hydrogen-bond donors (Lipinski definition) is 3. The maximum Gasteiger partial charge on any atom is 0.303 e. The Bertz CT molecular complexity index is 835. The maximum atomic E-state index is 10.6. The number of aromatic amines is 1. The molecular formula is C18H18N2O3. The number of carboxylic acid groups (broad SMARTS) is 1. The Hall–Kier alpha value is -2.66. The highest BCUT2D eigenvalue weighted by Gasteiger charge is 2.08. The zero-order valence-electron chi connectivity index (χ0n) is 12.8. The molecule has 1 unspecified atom stereocenters. The summed E-state index contributed by atoms with van der Waals surface area (Å²) in [5.41, 5.74) is 4.81. The van der Waals surface area contributed by atoms with E-state index in [1.54, 1.807) is 6.92 Å². The van der Waals surface area contributed by atoms with Crippen LogP contribution in [0.2, 0.25) is 0 Å². The van der Waals surface area contributed by atoms with Gasteiger partial charge in [-0.3, -0.25) is 4.79 Å². The summed E-state index contributed by atoms with van der Waals surface area (Å²) in [6, 6.07) is 13.8. The number of aryl methyl sites for hydroxylation is 1. The molecule has 0 saturated heterocycles. The number of aliphatic hydroxyl groups excluding tert-OH is 1. The average Bonchev–Trinajstić information content (AvgIpc) is 2.97. The topological polar surface area (TPSA) is 86.2 Å². The highest BCUT2D eigenvalue weighted by Crippen LogP contribution is 2.25. The van der Waals surface area contributed by atoms with Gasteiger partial charge < -0.3 is 15.2 Å². The number of carboxylic acids is 1. The molecule has 2 aromatic carbocycles. The molecule has 3 aromatic rings. The number of rotatable bonds is 5. The fraction of sp³-hybridized carbons (Fsp3) is 0.222. The van der Waals surface area contributed by atoms with Gasteiger partial charge in [-0.25, -0.2) is 4.98 Å². The highest BCUT2D eigenvalue weighted by atomic mass is 16.4. The molecule has 1 heterocycles. The van der Waals surface area contributed by atoms with Crippen molar-refractivity contribution in [1.29, 1.82) is 0 Å². The van der Waals surface area contributed by atoms with E-state index in [0.29, 0.717) is 12.2 Å². The Morgan fingerprint density at radius 3 is 2.52 bits per heavy atom. The molecule has 0 spiro atoms. The van der Waals surface area contributed by atoms with E-state index < -0.39 is 12.1 Å². The van der Waals surface area contributed by atoms with Crippen molar-refractivity contribution >= 4 is 17.0 Å². The van der Waals surface area contributed by atoms with Gasteiger partial charge in [0.2, 0.25) is 0 Å². The second kappa shape index (κ2) is 6.22. The summed E-state index contributed by atoms with van der Waals surface area (Å²) in [6.45, 7) is 1.68. The predicted molar refractivity (Wildman–Crippen MR) is 88.1 cm³/mol. The molecule has 1 atom stereocenters. The molecule has 23 heavy (non-hydrogen) atoms. The van der Waals surface area contributed by atoms with Crippen LogP contribution in [0.1, 0.15) is 30.8 Å². The van der Waals surface area contributed by atoms with Crippen molar-refractivity contribution in [1.82, 2.24) is 9.97 Å². The summed E-state index contributed by atoms with van der Waals surface area (Å²) in [7, 11) is 0. The molecular weight excluding hydrogens is 292 g/mol. The molecule has 3 N–H and O–H groups in total. The van der Waals surface area contributed by atoms with Gasteiger partial charge in [0.15, 0.2) is 0 Å². The van der Waals surface area contributed by atoms with E-state index in [1.165, 1.54) is 0 Å². The monoisotopic (exact) mass is 310 g/mol. The Morgan fingerprint density at radius 2 is 1.87 bits per heavy atom. The van der Waals surface area contributed by atoms with Crippen molar-refractivity contribution in [3.8, 4) is 11.1 Å². The van der Waals surface area contributed by atoms with E-state index in [2.05, 4.69) is 9.97 Å². The maximum absolute atomic E-state index is 10.6. The SMILES string of the molecule is CC(O)c1nc2ccc(-c3ccc(CCC(=O)O)cc3)cc2[nH]1. The Kier molecular flexibility index (Phi) is 4.12. The summed E-state index contributed by atoms with van der Waals surface area (Å²) in [6.07, 6.45) is 0.0495. The van der Waals surface area contributed by atoms with Crippen molar-refractivity contribution < 1.29 is 15.0 Å². The lowest BCUT2D eigenvalue weighted by Crippen LogP contribution is -1.97. The van der Waals surface area contributed by atoms with Crippen LogP contribution >= 0.6 is 0 Å². The molecule has 0 aliphatic carbocycles. The molecule has 1 aromatic heterocycles. The normalized spacial score (nSPS) is 12.4. The standard InChI is InChI=1S/C18H18N2O3/c1-11(21)18-19-15-8-7-14(10-16(15)20-18)13-5-2-12(3-6-13)4-9-17(22)23/h2-3,5-8,10-11,21H,4,9H2,1H3,(H,19,20)(H,22,23). The first-order valence-electron chi connectivity index (χ1n) is 7.52. The minimum atomic E-state index is -0.785. The third-order valence-corrected chi connectivity index (χ3v) is 3.81. The first-order chi connectivity index (χ1) is 11.0. The Labute approximate surface area is 133 Å². The zero-order chi connectivity index (χ0) is 16.4. The van der Waals surface area contributed by atoms with Gasteiger partial charge >= 0.3 is 5.97 Å². The van der Waals surface area contributed by atoms with Gasteiger partial charge in [0.1, 0.15) is 11.9 Å². The van der Waals surface area contributed by atoms with Crippen molar-refractivity contribution in [2.45, 2.75) is 25.9 Å². The number of nitrogens with one attached hydrogen (secondary N) is 1. The summed E-state index contributed by atoms with van der Waals surface area (Å²) in [4.78, 5) is 18.1. The summed E-state index contributed by atoms with van der Waals surface area (Å²) in [5, 5.41) is 18.3. The van der Waals surface area contributed by atoms with Crippen molar-refractivity contribution in [3.05, 3.63) is 53.9 Å². The molecule has 0 fully saturated rings. The number of imidazole rings is 1. The predicted octanol–water partition coefficient (Wildman–Crippen LogP) is 3.30. The number of benzene rings is 2. The van der Waals surface area contributed by atoms with Crippen molar-refractivity contribution in [3.63, 3.8) is 0 Å². The van der Waals surface area contributed by atoms with Gasteiger partial charge in [0.25, 0.3) is 0 Å². The van der Waals surface area contributed by atoms with E-state index in [-0.39, 0.29) is 6.42 Å². The lowest BCUT2D eigenvalue weighted by Gasteiger charge is -2.04. The number of aliphatic hydroxyl groups is 1. The second-order valence-corrected chi connectivity index (χ2v) is 5.62. The first-order valence-corrected chi connectivity index (χ1v) is 7.52. The Balaban J connectivity index is 1.86. The molecule has 0 amide bonds. The number of fused-ring (bicyclic) bond motifs is 1. The third kappa shape index (κ3) is 3.40. The first kappa shape index (κ1) is 15.2. The van der Waals surface area contributed by atoms with Gasteiger partial charge in [-0.05, 0) is 42.2 Å². The van der Waals surface area contributed by atoms with Gasteiger partial charge in [-0.2, -0.15) is 0 Å². The van der Waals surface area contributed by atoms with E-state index in [9.17, 15) is 9.90 Å². The largest absolute Gasteiger partial charge is 0.481 e. The number of carbonyl (C=O) groups is 1. The zero-order valence-corrected chi connectivity index (χ0v) is 12.8. The van der Waals surface area contributed by atoms with Crippen molar-refractivity contribution in [2.75, 3.05) is 0 Å². The second-order valence-electron chi connectivity index (χ2n) is 5.62. The highest BCUT2D eigenvalue weighted by molar-refractivity contribution is 5.82. The third-order valence-electron chi connectivity index (χ3n) is 3.81. The summed E-state index contributed by atoms with van der Waals surface area (Å²) >= 11 is 0. The molecule has 0 bridgehead atoms. The van der Waals surface area contributed by atoms with Crippen LogP contribution in [-0.2, 0) is 11.2 Å². The molecule has 118 valence electrons. The molecule has 0 aliphatic rings. The van der Waals surface area contributed by atoms with Crippen LogP contribution in [0.15, 0.2) is 42.5 Å². The van der Waals surface area contributed by atoms with Gasteiger partial charge in [0.05, 0.1) is 11.0 Å². The van der Waals surface area contributed by atoms with E-state index in [4.69, 9.17) is 5.11 Å². The Morgan fingerprint density at radius 1 is 1.17 bits per heavy atom. The summed E-state index contributed by atoms with van der Waals surface area (Å²) < 4.78 is 0. The van der Waals surface area contributed by atoms with E-state index in [0.717, 1.165) is 27.7 Å². The average molecular weight is 310 g/mol. The van der Waals surface area contributed by atoms with Crippen LogP contribution in [0, 0.1) is 0 Å². The van der Waals surface area contributed by atoms with Gasteiger partial charge in [0, 0.05) is 6.42 Å². The molecule has 0 saturated carbocycles. The molecule has 0 aliphatic heterocycles. The minimum absolute atomic E-state index is 0.140. The quantitative estimate of drug-likeness (QED) is 0.675. The molecule has 0 radical (unpaired) electrons. The van der Waals surface area contributed by atoms with Gasteiger partial charge in [-0.15, -0.1) is 0 Å². The van der Waals surface area contributed by atoms with Crippen molar-refractivity contribution in [2.24, 2.45) is 0 Å².